The van der Waals surface area contributed by atoms with Crippen molar-refractivity contribution in [2.24, 2.45) is 0 Å². The van der Waals surface area contributed by atoms with Crippen LogP contribution in [0.2, 0.25) is 0 Å². The Morgan fingerprint density at radius 3 is 1.52 bits per heavy atom. The van der Waals surface area contributed by atoms with Gasteiger partial charge in [-0.05, 0) is 6.42 Å². The van der Waals surface area contributed by atoms with Crippen LogP contribution in [-0.2, 0) is 14.2 Å². The van der Waals surface area contributed by atoms with Crippen LogP contribution in [0.3, 0.4) is 0 Å². The number of hydrogen-bond acceptors (Lipinski definition) is 4. The highest BCUT2D eigenvalue weighted by Crippen LogP contribution is 2.52. The van der Waals surface area contributed by atoms with E-state index in [4.69, 9.17) is 5.11 Å². The molecule has 0 saturated carbocycles. The summed E-state index contributed by atoms with van der Waals surface area (Å²) in [5, 5.41) is 8.40. The molecule has 0 aliphatic carbocycles. The lowest BCUT2D eigenvalue weighted by molar-refractivity contribution is -0.376. The summed E-state index contributed by atoms with van der Waals surface area (Å²) < 4.78 is 122. The summed E-state index contributed by atoms with van der Waals surface area (Å²) in [6, 6.07) is 0. The highest BCUT2D eigenvalue weighted by Gasteiger charge is 2.80. The molecule has 0 bridgehead atoms. The molecule has 0 aromatic heterocycles. The molecule has 0 aliphatic rings. The lowest BCUT2D eigenvalue weighted by Crippen LogP contribution is -2.64. The Morgan fingerprint density at radius 1 is 0.586 bits per heavy atom. The van der Waals surface area contributed by atoms with Crippen LogP contribution in [0.15, 0.2) is 0 Å². The highest BCUT2D eigenvalue weighted by molar-refractivity contribution is 5.03. The smallest absolute Gasteiger partial charge is 0.380 e. The van der Waals surface area contributed by atoms with Crippen LogP contribution in [0.4, 0.5) is 35.1 Å². The SMILES string of the molecule is CCCCCCCOCC(F)(F)C(F)(F)C(F)(F)C(F)(F)COCCOCCO. The van der Waals surface area contributed by atoms with Gasteiger partial charge < -0.3 is 19.3 Å². The topological polar surface area (TPSA) is 47.9 Å². The maximum atomic E-state index is 13.7. The number of rotatable bonds is 18. The van der Waals surface area contributed by atoms with Crippen LogP contribution in [0.25, 0.3) is 0 Å². The van der Waals surface area contributed by atoms with Gasteiger partial charge in [-0.2, -0.15) is 35.1 Å². The average molecular weight is 448 g/mol. The molecule has 0 unspecified atom stereocenters. The number of hydrogen-bond donors (Lipinski definition) is 1. The van der Waals surface area contributed by atoms with Crippen molar-refractivity contribution in [1.29, 1.82) is 0 Å². The minimum absolute atomic E-state index is 0.182. The Bertz CT molecular complexity index is 436. The summed E-state index contributed by atoms with van der Waals surface area (Å²) in [6.07, 6.45) is 3.38. The number of unbranched alkanes of at least 4 members (excludes halogenated alkanes) is 4. The summed E-state index contributed by atoms with van der Waals surface area (Å²) in [5.41, 5.74) is 0. The standard InChI is InChI=1S/C17H28F8O4/c1-2-3-4-5-6-8-28-12-14(18,19)16(22,23)17(24,25)15(20,21)13-29-11-10-27-9-7-26/h26H,2-13H2,1H3. The van der Waals surface area contributed by atoms with E-state index in [0.717, 1.165) is 19.3 Å². The second kappa shape index (κ2) is 12.9. The predicted molar refractivity (Wildman–Crippen MR) is 88.1 cm³/mol. The molecule has 0 aromatic carbocycles. The van der Waals surface area contributed by atoms with Crippen molar-refractivity contribution in [2.45, 2.75) is 62.7 Å². The normalized spacial score (nSPS) is 13.9. The van der Waals surface area contributed by atoms with E-state index in [-0.39, 0.29) is 26.2 Å². The van der Waals surface area contributed by atoms with E-state index in [2.05, 4.69) is 14.2 Å². The van der Waals surface area contributed by atoms with Crippen molar-refractivity contribution in [2.75, 3.05) is 46.2 Å². The molecule has 0 radical (unpaired) electrons. The molecule has 0 aromatic rings. The van der Waals surface area contributed by atoms with E-state index in [1.807, 2.05) is 6.92 Å². The summed E-state index contributed by atoms with van der Waals surface area (Å²) in [5.74, 6) is -23.9. The molecular weight excluding hydrogens is 420 g/mol. The number of aliphatic hydroxyl groups excluding tert-OH is 1. The fourth-order valence-electron chi connectivity index (χ4n) is 2.13. The van der Waals surface area contributed by atoms with E-state index < -0.39 is 50.1 Å². The fourth-order valence-corrected chi connectivity index (χ4v) is 2.13. The van der Waals surface area contributed by atoms with Crippen molar-refractivity contribution in [3.8, 4) is 0 Å². The minimum atomic E-state index is -6.39. The van der Waals surface area contributed by atoms with Crippen LogP contribution in [-0.4, -0.2) is 75.0 Å². The fraction of sp³-hybridized carbons (Fsp3) is 1.00. The maximum absolute atomic E-state index is 13.7. The number of halogens is 8. The molecule has 0 spiro atoms. The van der Waals surface area contributed by atoms with Gasteiger partial charge in [0.15, 0.2) is 0 Å². The molecule has 29 heavy (non-hydrogen) atoms. The maximum Gasteiger partial charge on any atom is 0.380 e. The molecule has 0 aliphatic heterocycles. The van der Waals surface area contributed by atoms with Gasteiger partial charge in [-0.1, -0.05) is 32.6 Å². The Balaban J connectivity index is 4.71. The molecule has 0 saturated heterocycles. The quantitative estimate of drug-likeness (QED) is 0.247. The van der Waals surface area contributed by atoms with E-state index in [9.17, 15) is 35.1 Å². The van der Waals surface area contributed by atoms with Crippen molar-refractivity contribution in [3.63, 3.8) is 0 Å². The highest BCUT2D eigenvalue weighted by atomic mass is 19.4. The molecule has 4 nitrogen and oxygen atoms in total. The van der Waals surface area contributed by atoms with Crippen molar-refractivity contribution < 1.29 is 54.4 Å². The van der Waals surface area contributed by atoms with Crippen molar-refractivity contribution >= 4 is 0 Å². The molecule has 0 fully saturated rings. The van der Waals surface area contributed by atoms with Crippen molar-refractivity contribution in [3.05, 3.63) is 0 Å². The molecule has 0 heterocycles. The Morgan fingerprint density at radius 2 is 1.03 bits per heavy atom. The molecular formula is C17H28F8O4. The van der Waals surface area contributed by atoms with Gasteiger partial charge in [-0.25, -0.2) is 0 Å². The predicted octanol–water partition coefficient (Wildman–Crippen LogP) is 4.54. The van der Waals surface area contributed by atoms with Gasteiger partial charge in [0.2, 0.25) is 0 Å². The van der Waals surface area contributed by atoms with Crippen LogP contribution < -0.4 is 0 Å². The van der Waals surface area contributed by atoms with Gasteiger partial charge in [0.05, 0.1) is 26.4 Å². The van der Waals surface area contributed by atoms with E-state index in [0.29, 0.717) is 6.42 Å². The first kappa shape index (κ1) is 28.3. The Kier molecular flexibility index (Phi) is 12.5. The average Bonchev–Trinajstić information content (AvgIpc) is 2.63. The Labute approximate surface area is 164 Å². The minimum Gasteiger partial charge on any atom is -0.394 e. The van der Waals surface area contributed by atoms with E-state index >= 15 is 0 Å². The number of aliphatic hydroxyl groups is 1. The third kappa shape index (κ3) is 8.50. The zero-order valence-electron chi connectivity index (χ0n) is 16.2. The van der Waals surface area contributed by atoms with Crippen LogP contribution in [0, 0.1) is 0 Å². The third-order valence-corrected chi connectivity index (χ3v) is 3.88. The van der Waals surface area contributed by atoms with Gasteiger partial charge in [0.1, 0.15) is 13.2 Å². The lowest BCUT2D eigenvalue weighted by Gasteiger charge is -2.36. The molecule has 0 rings (SSSR count). The van der Waals surface area contributed by atoms with Crippen LogP contribution in [0.5, 0.6) is 0 Å². The second-order valence-electron chi connectivity index (χ2n) is 6.41. The first-order valence-corrected chi connectivity index (χ1v) is 9.22. The first-order valence-electron chi connectivity index (χ1n) is 9.22. The zero-order valence-corrected chi connectivity index (χ0v) is 16.2. The summed E-state index contributed by atoms with van der Waals surface area (Å²) >= 11 is 0. The van der Waals surface area contributed by atoms with E-state index in [1.165, 1.54) is 0 Å². The molecule has 0 amide bonds. The first-order chi connectivity index (χ1) is 13.4. The van der Waals surface area contributed by atoms with Crippen molar-refractivity contribution in [1.82, 2.24) is 0 Å². The summed E-state index contributed by atoms with van der Waals surface area (Å²) in [7, 11) is 0. The lowest BCUT2D eigenvalue weighted by atomic mass is 9.99. The Hall–Kier alpha value is -0.720. The van der Waals surface area contributed by atoms with Gasteiger partial charge >= 0.3 is 23.7 Å². The van der Waals surface area contributed by atoms with Gasteiger partial charge in [-0.15, -0.1) is 0 Å². The largest absolute Gasteiger partial charge is 0.394 e. The number of alkyl halides is 8. The zero-order chi connectivity index (χ0) is 22.6. The third-order valence-electron chi connectivity index (χ3n) is 3.88. The molecule has 176 valence electrons. The molecule has 0 atom stereocenters. The number of ether oxygens (including phenoxy) is 3. The second-order valence-corrected chi connectivity index (χ2v) is 6.41. The molecule has 12 heteroatoms. The summed E-state index contributed by atoms with van der Waals surface area (Å²) in [4.78, 5) is 0. The summed E-state index contributed by atoms with van der Waals surface area (Å²) in [6.45, 7) is -4.42. The van der Waals surface area contributed by atoms with Gasteiger partial charge in [-0.3, -0.25) is 0 Å². The van der Waals surface area contributed by atoms with Crippen LogP contribution >= 0.6 is 0 Å². The van der Waals surface area contributed by atoms with Gasteiger partial charge in [0.25, 0.3) is 0 Å². The monoisotopic (exact) mass is 448 g/mol. The van der Waals surface area contributed by atoms with Crippen LogP contribution in [0.1, 0.15) is 39.0 Å². The van der Waals surface area contributed by atoms with Gasteiger partial charge in [0, 0.05) is 6.61 Å². The van der Waals surface area contributed by atoms with E-state index in [1.54, 1.807) is 0 Å². The molecule has 1 N–H and O–H groups in total.